The van der Waals surface area contributed by atoms with Crippen molar-refractivity contribution in [3.05, 3.63) is 35.9 Å². The minimum absolute atomic E-state index is 0.0620. The van der Waals surface area contributed by atoms with Crippen molar-refractivity contribution in [3.63, 3.8) is 0 Å². The monoisotopic (exact) mass is 750 g/mol. The number of Topliss-reactive ketones (excluding diaryl/α,β-unsaturated/α-hetero) is 1. The Balaban J connectivity index is 1.27. The summed E-state index contributed by atoms with van der Waals surface area (Å²) in [6.07, 6.45) is 4.43. The van der Waals surface area contributed by atoms with Gasteiger partial charge in [0.05, 0.1) is 13.2 Å². The number of rotatable bonds is 15. The summed E-state index contributed by atoms with van der Waals surface area (Å²) in [6, 6.07) is 4.79. The quantitative estimate of drug-likeness (QED) is 0.197. The van der Waals surface area contributed by atoms with E-state index in [4.69, 9.17) is 4.74 Å². The molecule has 4 N–H and O–H groups in total. The minimum atomic E-state index is -1.15. The van der Waals surface area contributed by atoms with Crippen LogP contribution in [0.3, 0.4) is 0 Å². The number of fused-ring (bicyclic) bond motifs is 1. The second kappa shape index (κ2) is 16.9. The molecule has 1 aliphatic heterocycles. The fourth-order valence-corrected chi connectivity index (χ4v) is 8.46. The number of likely N-dealkylation sites (tertiary alicyclic amines) is 1. The molecule has 6 amide bonds. The molecule has 0 radical (unpaired) electrons. The largest absolute Gasteiger partial charge is 0.449 e. The average Bonchev–Trinajstić information content (AvgIpc) is 3.92. The summed E-state index contributed by atoms with van der Waals surface area (Å²) in [5, 5.41) is 10.7. The first kappa shape index (κ1) is 40.7. The van der Waals surface area contributed by atoms with E-state index in [1.165, 1.54) is 4.90 Å². The number of ether oxygens (including phenoxy) is 1. The van der Waals surface area contributed by atoms with Crippen LogP contribution in [0.2, 0.25) is 0 Å². The van der Waals surface area contributed by atoms with Crippen molar-refractivity contribution in [2.45, 2.75) is 97.3 Å². The molecule has 1 saturated heterocycles. The van der Waals surface area contributed by atoms with Crippen LogP contribution in [0.5, 0.6) is 0 Å². The molecule has 296 valence electrons. The first-order chi connectivity index (χ1) is 25.5. The van der Waals surface area contributed by atoms with Gasteiger partial charge in [0.2, 0.25) is 29.4 Å². The zero-order valence-corrected chi connectivity index (χ0v) is 32.7. The summed E-state index contributed by atoms with van der Waals surface area (Å²) >= 11 is 0. The number of nitrogens with one attached hydrogen (secondary N) is 4. The number of hydrogen-bond donors (Lipinski definition) is 4. The number of nitrogens with zero attached hydrogens (tertiary/aromatic N) is 2. The summed E-state index contributed by atoms with van der Waals surface area (Å²) in [5.41, 5.74) is 0.343. The molecule has 4 aliphatic rings. The first-order valence-corrected chi connectivity index (χ1v) is 19.4. The molecule has 14 nitrogen and oxygen atoms in total. The Labute approximate surface area is 318 Å². The Bertz CT molecular complexity index is 1590. The zero-order chi connectivity index (χ0) is 39.5. The van der Waals surface area contributed by atoms with Crippen molar-refractivity contribution in [1.82, 2.24) is 31.1 Å². The minimum Gasteiger partial charge on any atom is -0.449 e. The molecule has 5 rings (SSSR count). The Hall–Kier alpha value is -4.49. The lowest BCUT2D eigenvalue weighted by molar-refractivity contribution is -0.145. The van der Waals surface area contributed by atoms with Gasteiger partial charge in [0.15, 0.2) is 0 Å². The molecule has 54 heavy (non-hydrogen) atoms. The third kappa shape index (κ3) is 9.23. The third-order valence-electron chi connectivity index (χ3n) is 11.9. The lowest BCUT2D eigenvalue weighted by Crippen LogP contribution is -2.60. The Morgan fingerprint density at radius 1 is 0.926 bits per heavy atom. The molecule has 0 spiro atoms. The summed E-state index contributed by atoms with van der Waals surface area (Å²) < 4.78 is 5.40. The predicted molar refractivity (Wildman–Crippen MR) is 199 cm³/mol. The summed E-state index contributed by atoms with van der Waals surface area (Å²) in [7, 11) is 3.14. The van der Waals surface area contributed by atoms with Crippen molar-refractivity contribution < 1.29 is 38.3 Å². The summed E-state index contributed by atoms with van der Waals surface area (Å²) in [6.45, 7) is 9.89. The highest BCUT2D eigenvalue weighted by molar-refractivity contribution is 6.38. The van der Waals surface area contributed by atoms with E-state index in [1.54, 1.807) is 49.3 Å². The highest BCUT2D eigenvalue weighted by Gasteiger charge is 2.70. The normalized spacial score (nSPS) is 25.6. The molecule has 1 unspecified atom stereocenters. The molecule has 0 aromatic heterocycles. The average molecular weight is 751 g/mol. The predicted octanol–water partition coefficient (Wildman–Crippen LogP) is 2.57. The molecule has 3 aliphatic carbocycles. The van der Waals surface area contributed by atoms with Gasteiger partial charge >= 0.3 is 6.09 Å². The van der Waals surface area contributed by atoms with Gasteiger partial charge in [0.1, 0.15) is 24.2 Å². The van der Waals surface area contributed by atoms with Gasteiger partial charge in [0.25, 0.3) is 5.91 Å². The van der Waals surface area contributed by atoms with Crippen LogP contribution in [-0.4, -0.2) is 103 Å². The fraction of sp³-hybridized carbons (Fsp3) is 0.675. The lowest BCUT2D eigenvalue weighted by atomic mass is 9.83. The smallest absolute Gasteiger partial charge is 0.407 e. The van der Waals surface area contributed by atoms with Crippen LogP contribution in [0.4, 0.5) is 4.79 Å². The molecule has 1 heterocycles. The van der Waals surface area contributed by atoms with Gasteiger partial charge < -0.3 is 35.8 Å². The number of carbonyl (C=O) groups excluding carboxylic acids is 7. The SMILES string of the molecule is CC(C)COC(=O)N[C@H](C(=O)N1C[C@H]2[C@@H]([C@H]1C(=O)N[C@H](C(=O)C(=O)NCC(=O)NC(C(=O)N(C)C)c1ccccc1)[C@H]1C[C@H]1C)C2(C)C)C1CCCCC1. The molecule has 8 atom stereocenters. The van der Waals surface area contributed by atoms with Gasteiger partial charge in [-0.25, -0.2) is 4.79 Å². The fourth-order valence-electron chi connectivity index (χ4n) is 8.46. The van der Waals surface area contributed by atoms with Gasteiger partial charge in [-0.2, -0.15) is 0 Å². The highest BCUT2D eigenvalue weighted by Crippen LogP contribution is 2.65. The maximum absolute atomic E-state index is 14.4. The van der Waals surface area contributed by atoms with E-state index in [0.717, 1.165) is 32.1 Å². The zero-order valence-electron chi connectivity index (χ0n) is 32.7. The molecular formula is C40H58N6O8. The van der Waals surface area contributed by atoms with Gasteiger partial charge in [-0.3, -0.25) is 28.8 Å². The number of piperidine rings is 1. The van der Waals surface area contributed by atoms with Crippen molar-refractivity contribution in [3.8, 4) is 0 Å². The van der Waals surface area contributed by atoms with Crippen molar-refractivity contribution in [1.29, 1.82) is 0 Å². The summed E-state index contributed by atoms with van der Waals surface area (Å²) in [4.78, 5) is 97.3. The third-order valence-corrected chi connectivity index (χ3v) is 11.9. The Morgan fingerprint density at radius 3 is 2.17 bits per heavy atom. The standard InChI is InChI=1S/C40H58N6O8/c1-22(2)21-54-39(53)44-31(25-16-12-9-13-17-25)38(52)46-20-27-29(40(27,4)5)33(46)35(49)43-32(26-18-23(26)3)34(48)36(50)41-19-28(47)42-30(37(51)45(6)7)24-14-10-8-11-15-24/h8,10-11,14-15,22-23,25-27,29-33H,9,12-13,16-21H2,1-7H3,(H,41,50)(H,42,47)(H,43,49)(H,44,53)/t23-,26+,27+,29+,30?,31+,32+,33+/m1/s1. The maximum Gasteiger partial charge on any atom is 0.407 e. The van der Waals surface area contributed by atoms with Crippen LogP contribution < -0.4 is 21.3 Å². The van der Waals surface area contributed by atoms with E-state index >= 15 is 0 Å². The van der Waals surface area contributed by atoms with E-state index in [9.17, 15) is 33.6 Å². The number of amides is 6. The first-order valence-electron chi connectivity index (χ1n) is 19.4. The van der Waals surface area contributed by atoms with E-state index in [-0.39, 0.29) is 59.3 Å². The number of benzene rings is 1. The van der Waals surface area contributed by atoms with E-state index in [1.807, 2.05) is 20.8 Å². The molecule has 0 bridgehead atoms. The van der Waals surface area contributed by atoms with Gasteiger partial charge in [-0.1, -0.05) is 84.2 Å². The highest BCUT2D eigenvalue weighted by atomic mass is 16.5. The van der Waals surface area contributed by atoms with Gasteiger partial charge in [-0.15, -0.1) is 0 Å². The van der Waals surface area contributed by atoms with Crippen molar-refractivity contribution in [2.24, 2.45) is 40.9 Å². The second-order valence-corrected chi connectivity index (χ2v) is 17.0. The van der Waals surface area contributed by atoms with Crippen LogP contribution in [0.15, 0.2) is 30.3 Å². The Kier molecular flexibility index (Phi) is 12.7. The molecule has 3 saturated carbocycles. The van der Waals surface area contributed by atoms with Gasteiger partial charge in [0, 0.05) is 20.6 Å². The number of ketones is 1. The molecule has 14 heteroatoms. The topological polar surface area (TPSA) is 183 Å². The second-order valence-electron chi connectivity index (χ2n) is 17.0. The molecule has 4 fully saturated rings. The molecule has 1 aromatic carbocycles. The van der Waals surface area contributed by atoms with Crippen LogP contribution in [0, 0.1) is 40.9 Å². The van der Waals surface area contributed by atoms with Crippen LogP contribution in [0.1, 0.15) is 84.7 Å². The van der Waals surface area contributed by atoms with E-state index in [2.05, 4.69) is 35.1 Å². The van der Waals surface area contributed by atoms with E-state index < -0.39 is 60.3 Å². The van der Waals surface area contributed by atoms with Crippen LogP contribution in [0.25, 0.3) is 0 Å². The maximum atomic E-state index is 14.4. The van der Waals surface area contributed by atoms with Gasteiger partial charge in [-0.05, 0) is 65.7 Å². The van der Waals surface area contributed by atoms with E-state index in [0.29, 0.717) is 18.5 Å². The number of alkyl carbamates (subject to hydrolysis) is 1. The lowest BCUT2D eigenvalue weighted by Gasteiger charge is -2.37. The van der Waals surface area contributed by atoms with Crippen LogP contribution in [-0.2, 0) is 33.5 Å². The Morgan fingerprint density at radius 2 is 1.57 bits per heavy atom. The van der Waals surface area contributed by atoms with Crippen molar-refractivity contribution in [2.75, 3.05) is 33.8 Å². The number of carbonyl (C=O) groups is 7. The van der Waals surface area contributed by atoms with Crippen LogP contribution >= 0.6 is 0 Å². The molecule has 1 aromatic rings. The number of hydrogen-bond acceptors (Lipinski definition) is 8. The summed E-state index contributed by atoms with van der Waals surface area (Å²) in [5.74, 6) is -4.09. The number of likely N-dealkylation sites (N-methyl/N-ethyl adjacent to an activating group) is 1. The van der Waals surface area contributed by atoms with Crippen molar-refractivity contribution >= 4 is 41.4 Å². The molecular weight excluding hydrogens is 692 g/mol.